The van der Waals surface area contributed by atoms with Crippen LogP contribution in [0.4, 0.5) is 0 Å². The van der Waals surface area contributed by atoms with Crippen molar-refractivity contribution in [1.82, 2.24) is 0 Å². The number of hydrogen-bond acceptors (Lipinski definition) is 0. The predicted molar refractivity (Wildman–Crippen MR) is 58.8 cm³/mol. The van der Waals surface area contributed by atoms with Crippen LogP contribution in [0.15, 0.2) is 24.3 Å². The Morgan fingerprint density at radius 3 is 1.45 bits per heavy atom. The van der Waals surface area contributed by atoms with Crippen molar-refractivity contribution in [3.63, 3.8) is 0 Å². The molecule has 66 valence electrons. The van der Waals surface area contributed by atoms with E-state index in [9.17, 15) is 0 Å². The second kappa shape index (κ2) is 4.66. The summed E-state index contributed by atoms with van der Waals surface area (Å²) in [5.41, 5.74) is 0. The molecular formula is C10H20S. The Kier molecular flexibility index (Phi) is 4.58. The van der Waals surface area contributed by atoms with Crippen LogP contribution >= 0.6 is 10.0 Å². The first-order valence-electron chi connectivity index (χ1n) is 3.95. The summed E-state index contributed by atoms with van der Waals surface area (Å²) < 4.78 is 0. The van der Waals surface area contributed by atoms with Crippen molar-refractivity contribution in [2.75, 3.05) is 18.8 Å². The van der Waals surface area contributed by atoms with E-state index in [1.54, 1.807) is 0 Å². The lowest BCUT2D eigenvalue weighted by molar-refractivity contribution is 1.36. The lowest BCUT2D eigenvalue weighted by atomic mass is 10.3. The molecule has 0 bridgehead atoms. The summed E-state index contributed by atoms with van der Waals surface area (Å²) in [5, 5.41) is 0.650. The summed E-state index contributed by atoms with van der Waals surface area (Å²) in [6.07, 6.45) is 15.9. The molecule has 0 radical (unpaired) electrons. The lowest BCUT2D eigenvalue weighted by Gasteiger charge is -2.31. The zero-order valence-corrected chi connectivity index (χ0v) is 9.11. The molecule has 0 aliphatic carbocycles. The first-order valence-corrected chi connectivity index (χ1v) is 6.87. The van der Waals surface area contributed by atoms with Crippen molar-refractivity contribution < 1.29 is 0 Å². The fourth-order valence-electron chi connectivity index (χ4n) is 0.915. The van der Waals surface area contributed by atoms with Gasteiger partial charge in [-0.3, -0.25) is 0 Å². The predicted octanol–water partition coefficient (Wildman–Crippen LogP) is 3.20. The Morgan fingerprint density at radius 1 is 0.909 bits per heavy atom. The van der Waals surface area contributed by atoms with E-state index in [4.69, 9.17) is 0 Å². The molecular weight excluding hydrogens is 152 g/mol. The van der Waals surface area contributed by atoms with Gasteiger partial charge in [-0.25, -0.2) is 10.0 Å². The molecule has 0 aromatic rings. The molecule has 0 fully saturated rings. The summed E-state index contributed by atoms with van der Waals surface area (Å²) in [7, 11) is -0.463. The molecule has 0 saturated heterocycles. The molecule has 0 aliphatic rings. The van der Waals surface area contributed by atoms with E-state index in [1.807, 2.05) is 0 Å². The minimum absolute atomic E-state index is 0.463. The van der Waals surface area contributed by atoms with Crippen molar-refractivity contribution in [3.05, 3.63) is 24.3 Å². The normalized spacial score (nSPS) is 17.9. The standard InChI is InChI=1S/C10H20S/c1-6-8-10(9-7-2)11(3,4)5/h6-10H,1-5H3. The topological polar surface area (TPSA) is 0 Å². The Balaban J connectivity index is 4.34. The third-order valence-corrected chi connectivity index (χ3v) is 3.53. The lowest BCUT2D eigenvalue weighted by Crippen LogP contribution is -2.09. The van der Waals surface area contributed by atoms with Crippen LogP contribution in [-0.2, 0) is 0 Å². The molecule has 11 heavy (non-hydrogen) atoms. The Labute approximate surface area is 72.7 Å². The summed E-state index contributed by atoms with van der Waals surface area (Å²) in [6.45, 7) is 4.17. The van der Waals surface area contributed by atoms with Gasteiger partial charge in [-0.2, -0.15) is 0 Å². The first-order chi connectivity index (χ1) is 5.02. The fraction of sp³-hybridized carbons (Fsp3) is 0.600. The Morgan fingerprint density at radius 2 is 1.27 bits per heavy atom. The van der Waals surface area contributed by atoms with Crippen molar-refractivity contribution in [1.29, 1.82) is 0 Å². The second-order valence-corrected chi connectivity index (χ2v) is 7.86. The smallest absolute Gasteiger partial charge is 0.0244 e. The van der Waals surface area contributed by atoms with Gasteiger partial charge in [-0.05, 0) is 32.6 Å². The maximum absolute atomic E-state index is 2.34. The van der Waals surface area contributed by atoms with Crippen LogP contribution in [0.2, 0.25) is 0 Å². The minimum atomic E-state index is -0.463. The maximum Gasteiger partial charge on any atom is 0.0244 e. The molecule has 0 aromatic heterocycles. The molecule has 0 spiro atoms. The highest BCUT2D eigenvalue weighted by atomic mass is 32.3. The zero-order valence-electron chi connectivity index (χ0n) is 8.29. The minimum Gasteiger partial charge on any atom is -0.240 e. The largest absolute Gasteiger partial charge is 0.240 e. The highest BCUT2D eigenvalue weighted by molar-refractivity contribution is 8.32. The molecule has 0 unspecified atom stereocenters. The summed E-state index contributed by atoms with van der Waals surface area (Å²) in [4.78, 5) is 0. The monoisotopic (exact) mass is 172 g/mol. The van der Waals surface area contributed by atoms with E-state index in [0.717, 1.165) is 0 Å². The molecule has 0 N–H and O–H groups in total. The van der Waals surface area contributed by atoms with E-state index >= 15 is 0 Å². The van der Waals surface area contributed by atoms with Crippen molar-refractivity contribution in [2.45, 2.75) is 19.1 Å². The third kappa shape index (κ3) is 4.31. The SMILES string of the molecule is CC=CC(C=CC)S(C)(C)C. The second-order valence-electron chi connectivity index (χ2n) is 3.45. The van der Waals surface area contributed by atoms with Gasteiger partial charge in [-0.15, -0.1) is 0 Å². The van der Waals surface area contributed by atoms with E-state index in [2.05, 4.69) is 56.9 Å². The molecule has 0 aliphatic heterocycles. The molecule has 0 heterocycles. The summed E-state index contributed by atoms with van der Waals surface area (Å²) in [5.74, 6) is 0. The first kappa shape index (κ1) is 10.8. The Hall–Kier alpha value is -0.170. The van der Waals surface area contributed by atoms with Crippen molar-refractivity contribution >= 4 is 10.0 Å². The zero-order chi connectivity index (χ0) is 8.91. The van der Waals surface area contributed by atoms with E-state index in [0.29, 0.717) is 5.25 Å². The van der Waals surface area contributed by atoms with Gasteiger partial charge in [0.25, 0.3) is 0 Å². The van der Waals surface area contributed by atoms with Crippen LogP contribution in [0.25, 0.3) is 0 Å². The van der Waals surface area contributed by atoms with Gasteiger partial charge in [0.15, 0.2) is 0 Å². The molecule has 0 atom stereocenters. The van der Waals surface area contributed by atoms with Crippen LogP contribution in [0.1, 0.15) is 13.8 Å². The average Bonchev–Trinajstić information content (AvgIpc) is 1.85. The highest BCUT2D eigenvalue weighted by Crippen LogP contribution is 2.42. The van der Waals surface area contributed by atoms with Gasteiger partial charge >= 0.3 is 0 Å². The number of hydrogen-bond donors (Lipinski definition) is 0. The highest BCUT2D eigenvalue weighted by Gasteiger charge is 2.12. The van der Waals surface area contributed by atoms with Gasteiger partial charge in [0.1, 0.15) is 0 Å². The number of allylic oxidation sites excluding steroid dienone is 2. The van der Waals surface area contributed by atoms with Crippen molar-refractivity contribution in [3.8, 4) is 0 Å². The van der Waals surface area contributed by atoms with Gasteiger partial charge in [-0.1, -0.05) is 24.3 Å². The Bertz CT molecular complexity index is 137. The quantitative estimate of drug-likeness (QED) is 0.573. The van der Waals surface area contributed by atoms with E-state index in [-0.39, 0.29) is 0 Å². The fourth-order valence-corrected chi connectivity index (χ4v) is 2.17. The molecule has 0 rings (SSSR count). The maximum atomic E-state index is 2.34. The number of rotatable bonds is 3. The molecule has 0 amide bonds. The van der Waals surface area contributed by atoms with Gasteiger partial charge in [0, 0.05) is 5.25 Å². The summed E-state index contributed by atoms with van der Waals surface area (Å²) >= 11 is 0. The van der Waals surface area contributed by atoms with Crippen LogP contribution in [-0.4, -0.2) is 24.0 Å². The van der Waals surface area contributed by atoms with Crippen LogP contribution in [0.3, 0.4) is 0 Å². The molecule has 0 saturated carbocycles. The van der Waals surface area contributed by atoms with Crippen LogP contribution in [0, 0.1) is 0 Å². The van der Waals surface area contributed by atoms with Gasteiger partial charge in [0.2, 0.25) is 0 Å². The molecule has 0 nitrogen and oxygen atoms in total. The summed E-state index contributed by atoms with van der Waals surface area (Å²) in [6, 6.07) is 0. The van der Waals surface area contributed by atoms with E-state index < -0.39 is 10.0 Å². The molecule has 1 heteroatoms. The van der Waals surface area contributed by atoms with Crippen molar-refractivity contribution in [2.24, 2.45) is 0 Å². The average molecular weight is 172 g/mol. The van der Waals surface area contributed by atoms with Gasteiger partial charge < -0.3 is 0 Å². The van der Waals surface area contributed by atoms with Crippen LogP contribution in [0.5, 0.6) is 0 Å². The third-order valence-electron chi connectivity index (χ3n) is 1.58. The van der Waals surface area contributed by atoms with Crippen LogP contribution < -0.4 is 0 Å². The van der Waals surface area contributed by atoms with E-state index in [1.165, 1.54) is 0 Å². The molecule has 0 aromatic carbocycles. The van der Waals surface area contributed by atoms with Gasteiger partial charge in [0.05, 0.1) is 0 Å².